The molecule has 0 saturated carbocycles. The van der Waals surface area contributed by atoms with Gasteiger partial charge < -0.3 is 28.3 Å². The highest BCUT2D eigenvalue weighted by atomic mass is 32.1. The summed E-state index contributed by atoms with van der Waals surface area (Å²) in [4.78, 5) is 12.4. The topological polar surface area (TPSA) is 96.4 Å². The van der Waals surface area contributed by atoms with Crippen LogP contribution in [-0.4, -0.2) is 60.1 Å². The number of aromatic nitrogens is 4. The molecule has 4 aromatic heterocycles. The maximum Gasteiger partial charge on any atom is 0.294 e. The average Bonchev–Trinajstić information content (AvgIpc) is 3.62. The molecule has 10 nitrogen and oxygen atoms in total. The van der Waals surface area contributed by atoms with E-state index in [4.69, 9.17) is 28.3 Å². The van der Waals surface area contributed by atoms with Gasteiger partial charge in [0.05, 0.1) is 38.1 Å². The van der Waals surface area contributed by atoms with E-state index in [0.29, 0.717) is 40.3 Å². The Morgan fingerprint density at radius 3 is 2.89 bits per heavy atom. The first-order chi connectivity index (χ1) is 17.2. The van der Waals surface area contributed by atoms with Crippen molar-refractivity contribution in [2.24, 2.45) is 0 Å². The monoisotopic (exact) mass is 513 g/mol. The first kappa shape index (κ1) is 22.1. The fraction of sp³-hybridized carbons (Fsp3) is 0.348. The molecule has 0 amide bonds. The van der Waals surface area contributed by atoms with Crippen LogP contribution in [0.5, 0.6) is 16.7 Å². The number of benzene rings is 1. The Labute approximate surface area is 208 Å². The molecule has 5 heterocycles. The molecule has 0 atom stereocenters. The number of hydrogen-bond donors (Lipinski definition) is 0. The van der Waals surface area contributed by atoms with Crippen molar-refractivity contribution in [2.45, 2.75) is 13.0 Å². The van der Waals surface area contributed by atoms with Gasteiger partial charge in [-0.1, -0.05) is 0 Å². The molecular weight excluding hydrogens is 490 g/mol. The molecule has 0 unspecified atom stereocenters. The minimum Gasteiger partial charge on any atom is -0.496 e. The van der Waals surface area contributed by atoms with Crippen molar-refractivity contribution < 1.29 is 23.4 Å². The molecule has 0 bridgehead atoms. The number of imidazole rings is 1. The van der Waals surface area contributed by atoms with Crippen LogP contribution in [0, 0.1) is 0 Å². The maximum atomic E-state index is 6.21. The second kappa shape index (κ2) is 9.36. The van der Waals surface area contributed by atoms with Crippen molar-refractivity contribution in [2.75, 3.05) is 45.4 Å². The molecule has 0 radical (unpaired) electrons. The van der Waals surface area contributed by atoms with Gasteiger partial charge in [-0.05, 0) is 23.8 Å². The van der Waals surface area contributed by atoms with Crippen LogP contribution in [-0.2, 0) is 11.3 Å². The van der Waals surface area contributed by atoms with Gasteiger partial charge in [0.15, 0.2) is 10.9 Å². The zero-order chi connectivity index (χ0) is 23.8. The number of fused-ring (bicyclic) bond motifs is 2. The number of thiazole rings is 1. The van der Waals surface area contributed by atoms with Gasteiger partial charge in [0.25, 0.3) is 5.19 Å². The Hall–Kier alpha value is -3.35. The number of rotatable bonds is 7. The van der Waals surface area contributed by atoms with Crippen LogP contribution in [0.1, 0.15) is 12.1 Å². The first-order valence-electron chi connectivity index (χ1n) is 11.1. The SMILES string of the molecule is COc1cc(OCc2csc(N3CCCOCC3)n2)c2cc(-c3cn4nc(OC)sc4n3)oc2c1. The van der Waals surface area contributed by atoms with Crippen molar-refractivity contribution in [3.63, 3.8) is 0 Å². The van der Waals surface area contributed by atoms with Gasteiger partial charge >= 0.3 is 0 Å². The zero-order valence-corrected chi connectivity index (χ0v) is 20.9. The lowest BCUT2D eigenvalue weighted by molar-refractivity contribution is 0.152. The van der Waals surface area contributed by atoms with E-state index in [-0.39, 0.29) is 0 Å². The summed E-state index contributed by atoms with van der Waals surface area (Å²) in [7, 11) is 3.21. The fourth-order valence-electron chi connectivity index (χ4n) is 3.93. The standard InChI is InChI=1S/C23H23N5O5S2/c1-29-15-8-18(32-12-14-13-34-21(24-14)27-4-3-6-31-7-5-27)16-10-20(33-19(16)9-15)17-11-28-22(25-17)35-23(26-28)30-2/h8-11,13H,3-7,12H2,1-2H3. The molecule has 35 heavy (non-hydrogen) atoms. The Morgan fingerprint density at radius 2 is 2.03 bits per heavy atom. The molecule has 1 aliphatic heterocycles. The lowest BCUT2D eigenvalue weighted by Crippen LogP contribution is -2.25. The van der Waals surface area contributed by atoms with Gasteiger partial charge in [0.2, 0.25) is 4.96 Å². The lowest BCUT2D eigenvalue weighted by atomic mass is 10.2. The van der Waals surface area contributed by atoms with Crippen molar-refractivity contribution in [3.8, 4) is 28.1 Å². The van der Waals surface area contributed by atoms with E-state index in [9.17, 15) is 0 Å². The molecule has 1 saturated heterocycles. The Kier molecular flexibility index (Phi) is 5.92. The second-order valence-corrected chi connectivity index (χ2v) is 9.69. The molecule has 0 aliphatic carbocycles. The number of hydrogen-bond acceptors (Lipinski definition) is 11. The summed E-state index contributed by atoms with van der Waals surface area (Å²) < 4.78 is 30.2. The summed E-state index contributed by atoms with van der Waals surface area (Å²) in [6, 6.07) is 5.63. The Morgan fingerprint density at radius 1 is 1.09 bits per heavy atom. The Balaban J connectivity index is 1.25. The molecule has 1 fully saturated rings. The van der Waals surface area contributed by atoms with Crippen molar-refractivity contribution >= 4 is 43.7 Å². The third-order valence-corrected chi connectivity index (χ3v) is 7.50. The van der Waals surface area contributed by atoms with Crippen LogP contribution in [0.25, 0.3) is 27.4 Å². The van der Waals surface area contributed by atoms with Crippen LogP contribution < -0.4 is 19.1 Å². The van der Waals surface area contributed by atoms with Gasteiger partial charge in [0.1, 0.15) is 29.4 Å². The van der Waals surface area contributed by atoms with Crippen LogP contribution in [0.4, 0.5) is 5.13 Å². The van der Waals surface area contributed by atoms with E-state index >= 15 is 0 Å². The van der Waals surface area contributed by atoms with Crippen molar-refractivity contribution in [1.29, 1.82) is 0 Å². The normalized spacial score (nSPS) is 14.5. The molecule has 6 rings (SSSR count). The molecule has 5 aromatic rings. The zero-order valence-electron chi connectivity index (χ0n) is 19.2. The van der Waals surface area contributed by atoms with Crippen LogP contribution in [0.15, 0.2) is 34.2 Å². The number of anilines is 1. The van der Waals surface area contributed by atoms with Gasteiger partial charge in [-0.15, -0.1) is 16.4 Å². The van der Waals surface area contributed by atoms with Crippen molar-refractivity contribution in [3.05, 3.63) is 35.5 Å². The van der Waals surface area contributed by atoms with Gasteiger partial charge in [-0.2, -0.15) is 0 Å². The third kappa shape index (κ3) is 4.40. The largest absolute Gasteiger partial charge is 0.496 e. The molecule has 0 N–H and O–H groups in total. The summed E-state index contributed by atoms with van der Waals surface area (Å²) in [5.74, 6) is 1.93. The van der Waals surface area contributed by atoms with Crippen LogP contribution >= 0.6 is 22.7 Å². The van der Waals surface area contributed by atoms with E-state index in [0.717, 1.165) is 53.9 Å². The van der Waals surface area contributed by atoms with E-state index in [2.05, 4.69) is 15.0 Å². The fourth-order valence-corrected chi connectivity index (χ4v) is 5.49. The highest BCUT2D eigenvalue weighted by Crippen LogP contribution is 2.37. The van der Waals surface area contributed by atoms with Crippen LogP contribution in [0.2, 0.25) is 0 Å². The summed E-state index contributed by atoms with van der Waals surface area (Å²) in [5, 5.41) is 8.76. The third-order valence-electron chi connectivity index (χ3n) is 5.67. The predicted molar refractivity (Wildman–Crippen MR) is 133 cm³/mol. The molecule has 1 aromatic carbocycles. The minimum atomic E-state index is 0.341. The van der Waals surface area contributed by atoms with Gasteiger partial charge in [-0.3, -0.25) is 0 Å². The smallest absolute Gasteiger partial charge is 0.294 e. The molecule has 1 aliphatic rings. The number of nitrogens with zero attached hydrogens (tertiary/aromatic N) is 5. The summed E-state index contributed by atoms with van der Waals surface area (Å²) >= 11 is 2.99. The molecular formula is C23H23N5O5S2. The minimum absolute atomic E-state index is 0.341. The van der Waals surface area contributed by atoms with E-state index in [1.165, 1.54) is 11.3 Å². The molecule has 182 valence electrons. The Bertz CT molecular complexity index is 1430. The van der Waals surface area contributed by atoms with Crippen LogP contribution in [0.3, 0.4) is 0 Å². The quantitative estimate of drug-likeness (QED) is 0.312. The van der Waals surface area contributed by atoms with Gasteiger partial charge in [-0.25, -0.2) is 14.5 Å². The summed E-state index contributed by atoms with van der Waals surface area (Å²) in [6.07, 6.45) is 2.82. The highest BCUT2D eigenvalue weighted by molar-refractivity contribution is 7.18. The molecule has 0 spiro atoms. The predicted octanol–water partition coefficient (Wildman–Crippen LogP) is 4.48. The summed E-state index contributed by atoms with van der Waals surface area (Å²) in [5.41, 5.74) is 2.21. The number of furan rings is 1. The number of ether oxygens (including phenoxy) is 4. The lowest BCUT2D eigenvalue weighted by Gasteiger charge is -2.17. The van der Waals surface area contributed by atoms with E-state index in [1.807, 2.05) is 29.8 Å². The van der Waals surface area contributed by atoms with Crippen molar-refractivity contribution in [1.82, 2.24) is 19.6 Å². The van der Waals surface area contributed by atoms with E-state index in [1.54, 1.807) is 30.1 Å². The second-order valence-electron chi connectivity index (χ2n) is 7.94. The number of methoxy groups -OCH3 is 2. The first-order valence-corrected chi connectivity index (χ1v) is 12.8. The summed E-state index contributed by atoms with van der Waals surface area (Å²) in [6.45, 7) is 3.69. The molecule has 12 heteroatoms. The van der Waals surface area contributed by atoms with Gasteiger partial charge in [0, 0.05) is 37.2 Å². The maximum absolute atomic E-state index is 6.21. The highest BCUT2D eigenvalue weighted by Gasteiger charge is 2.18. The van der Waals surface area contributed by atoms with E-state index < -0.39 is 0 Å². The average molecular weight is 514 g/mol.